The van der Waals surface area contributed by atoms with Gasteiger partial charge in [-0.25, -0.2) is 0 Å². The maximum Gasteiger partial charge on any atom is 0.148 e. The summed E-state index contributed by atoms with van der Waals surface area (Å²) in [5.74, 6) is 0.696. The quantitative estimate of drug-likeness (QED) is 0.359. The fraction of sp³-hybridized carbons (Fsp3) is 0.143. The first kappa shape index (κ1) is 15.3. The summed E-state index contributed by atoms with van der Waals surface area (Å²) in [6.45, 7) is 5.06. The molecule has 0 heterocycles. The molecule has 98 valence electrons. The summed E-state index contributed by atoms with van der Waals surface area (Å²) < 4.78 is 5.14. The summed E-state index contributed by atoms with van der Waals surface area (Å²) in [5, 5.41) is 9.30. The third kappa shape index (κ3) is 3.60. The minimum absolute atomic E-state index is 0.000429. The van der Waals surface area contributed by atoms with Crippen LogP contribution in [0.3, 0.4) is 0 Å². The van der Waals surface area contributed by atoms with E-state index in [2.05, 4.69) is 11.7 Å². The lowest BCUT2D eigenvalue weighted by atomic mass is 10.0. The van der Waals surface area contributed by atoms with Crippen LogP contribution in [-0.2, 0) is 0 Å². The monoisotopic (exact) mass is 294 g/mol. The summed E-state index contributed by atoms with van der Waals surface area (Å²) in [6.07, 6.45) is 0. The van der Waals surface area contributed by atoms with E-state index in [0.717, 1.165) is 5.56 Å². The molecule has 3 nitrogen and oxygen atoms in total. The summed E-state index contributed by atoms with van der Waals surface area (Å²) in [4.78, 5) is 3.52. The van der Waals surface area contributed by atoms with Crippen molar-refractivity contribution in [3.05, 3.63) is 45.6 Å². The molecule has 19 heavy (non-hydrogen) atoms. The van der Waals surface area contributed by atoms with Crippen molar-refractivity contribution in [3.8, 4) is 11.8 Å². The third-order valence-electron chi connectivity index (χ3n) is 2.53. The second kappa shape index (κ2) is 6.98. The topological polar surface area (TPSA) is 45.4 Å². The summed E-state index contributed by atoms with van der Waals surface area (Å²) in [5.41, 5.74) is 1.77. The lowest BCUT2D eigenvalue weighted by molar-refractivity contribution is 0.414. The van der Waals surface area contributed by atoms with Crippen LogP contribution in [0.15, 0.2) is 45.0 Å². The molecule has 0 saturated heterocycles. The highest BCUT2D eigenvalue weighted by molar-refractivity contribution is 6.41. The van der Waals surface area contributed by atoms with Crippen LogP contribution in [0.4, 0.5) is 0 Å². The average Bonchev–Trinajstić information content (AvgIpc) is 2.46. The number of rotatable bonds is 4. The van der Waals surface area contributed by atoms with Gasteiger partial charge in [0.2, 0.25) is 0 Å². The van der Waals surface area contributed by atoms with Crippen molar-refractivity contribution in [1.82, 2.24) is 0 Å². The van der Waals surface area contributed by atoms with Crippen molar-refractivity contribution in [1.29, 1.82) is 5.26 Å². The first-order valence-corrected chi connectivity index (χ1v) is 6.08. The number of nitrogens with zero attached hydrogens (tertiary/aromatic N) is 2. The molecule has 0 aliphatic rings. The molecule has 1 rings (SSSR count). The van der Waals surface area contributed by atoms with Gasteiger partial charge < -0.3 is 4.74 Å². The molecule has 0 amide bonds. The Bertz CT molecular complexity index is 598. The van der Waals surface area contributed by atoms with Crippen LogP contribution >= 0.6 is 23.2 Å². The van der Waals surface area contributed by atoms with Gasteiger partial charge in [-0.2, -0.15) is 5.26 Å². The molecule has 0 bridgehead atoms. The van der Waals surface area contributed by atoms with Gasteiger partial charge in [-0.1, -0.05) is 35.3 Å². The fourth-order valence-corrected chi connectivity index (χ4v) is 1.81. The number of hydrogen-bond donors (Lipinski definition) is 0. The van der Waals surface area contributed by atoms with Gasteiger partial charge in [-0.3, -0.25) is 4.99 Å². The van der Waals surface area contributed by atoms with Gasteiger partial charge in [0.15, 0.2) is 0 Å². The van der Waals surface area contributed by atoms with Crippen LogP contribution in [-0.4, -0.2) is 13.8 Å². The predicted octanol–water partition coefficient (Wildman–Crippen LogP) is 4.34. The van der Waals surface area contributed by atoms with Crippen molar-refractivity contribution in [3.63, 3.8) is 0 Å². The number of aliphatic imine (C=N–C) groups is 1. The van der Waals surface area contributed by atoms with Gasteiger partial charge in [0.05, 0.1) is 17.7 Å². The molecule has 0 aliphatic heterocycles. The zero-order valence-electron chi connectivity index (χ0n) is 10.6. The molecule has 0 saturated carbocycles. The van der Waals surface area contributed by atoms with Crippen LogP contribution in [0.2, 0.25) is 0 Å². The lowest BCUT2D eigenvalue weighted by Gasteiger charge is -2.07. The standard InChI is InChI=1S/C14H12Cl2N2O/c1-9(10-5-4-6-11(7-10)19-3)12(8-17)13(15)14(16)18-2/h4-7H,2H2,1,3H3/b12-9+,14-13+. The number of benzene rings is 1. The summed E-state index contributed by atoms with van der Waals surface area (Å²) in [6, 6.07) is 9.35. The zero-order valence-corrected chi connectivity index (χ0v) is 12.1. The lowest BCUT2D eigenvalue weighted by Crippen LogP contribution is -1.90. The highest BCUT2D eigenvalue weighted by Gasteiger charge is 2.12. The molecule has 5 heteroatoms. The molecule has 0 atom stereocenters. The smallest absolute Gasteiger partial charge is 0.148 e. The van der Waals surface area contributed by atoms with Crippen molar-refractivity contribution in [2.45, 2.75) is 6.92 Å². The highest BCUT2D eigenvalue weighted by Crippen LogP contribution is 2.30. The van der Waals surface area contributed by atoms with E-state index < -0.39 is 0 Å². The Morgan fingerprint density at radius 3 is 2.63 bits per heavy atom. The van der Waals surface area contributed by atoms with Crippen LogP contribution in [0.1, 0.15) is 12.5 Å². The van der Waals surface area contributed by atoms with Crippen LogP contribution in [0, 0.1) is 11.3 Å². The molecule has 1 aromatic rings. The molecule has 0 aromatic heterocycles. The van der Waals surface area contributed by atoms with Crippen LogP contribution < -0.4 is 4.74 Å². The zero-order chi connectivity index (χ0) is 14.4. The number of allylic oxidation sites excluding steroid dienone is 3. The van der Waals surface area contributed by atoms with Gasteiger partial charge >= 0.3 is 0 Å². The highest BCUT2D eigenvalue weighted by atomic mass is 35.5. The Hall–Kier alpha value is -1.76. The van der Waals surface area contributed by atoms with Crippen molar-refractivity contribution >= 4 is 35.5 Å². The van der Waals surface area contributed by atoms with E-state index in [0.29, 0.717) is 11.3 Å². The average molecular weight is 295 g/mol. The van der Waals surface area contributed by atoms with Crippen molar-refractivity contribution in [2.24, 2.45) is 4.99 Å². The van der Waals surface area contributed by atoms with Crippen molar-refractivity contribution in [2.75, 3.05) is 7.11 Å². The van der Waals surface area contributed by atoms with Crippen LogP contribution in [0.5, 0.6) is 5.75 Å². The number of halogens is 2. The molecule has 0 unspecified atom stereocenters. The molecule has 0 fully saturated rings. The SMILES string of the molecule is C=N/C(Cl)=C(Cl)\C(C#N)=C(/C)c1cccc(OC)c1. The first-order chi connectivity index (χ1) is 9.04. The van der Waals surface area contributed by atoms with E-state index in [1.165, 1.54) is 0 Å². The Labute approximate surface area is 122 Å². The largest absolute Gasteiger partial charge is 0.497 e. The van der Waals surface area contributed by atoms with Crippen LogP contribution in [0.25, 0.3) is 5.57 Å². The van der Waals surface area contributed by atoms with E-state index in [1.807, 2.05) is 30.3 Å². The second-order valence-corrected chi connectivity index (χ2v) is 4.34. The van der Waals surface area contributed by atoms with E-state index in [4.69, 9.17) is 27.9 Å². The van der Waals surface area contributed by atoms with E-state index in [1.54, 1.807) is 14.0 Å². The first-order valence-electron chi connectivity index (χ1n) is 5.33. The summed E-state index contributed by atoms with van der Waals surface area (Å²) >= 11 is 11.8. The number of ether oxygens (including phenoxy) is 1. The fourth-order valence-electron chi connectivity index (χ4n) is 1.47. The van der Waals surface area contributed by atoms with Gasteiger partial charge in [0.1, 0.15) is 17.0 Å². The number of hydrogen-bond acceptors (Lipinski definition) is 3. The second-order valence-electron chi connectivity index (χ2n) is 3.61. The molecular weight excluding hydrogens is 283 g/mol. The predicted molar refractivity (Wildman–Crippen MR) is 79.5 cm³/mol. The van der Waals surface area contributed by atoms with Crippen molar-refractivity contribution < 1.29 is 4.74 Å². The Morgan fingerprint density at radius 2 is 2.11 bits per heavy atom. The van der Waals surface area contributed by atoms with E-state index in [9.17, 15) is 5.26 Å². The van der Waals surface area contributed by atoms with E-state index in [-0.39, 0.29) is 15.8 Å². The molecule has 0 N–H and O–H groups in total. The summed E-state index contributed by atoms with van der Waals surface area (Å²) in [7, 11) is 1.58. The molecule has 0 aliphatic carbocycles. The Kier molecular flexibility index (Phi) is 5.62. The minimum Gasteiger partial charge on any atom is -0.497 e. The van der Waals surface area contributed by atoms with E-state index >= 15 is 0 Å². The molecule has 0 radical (unpaired) electrons. The molecular formula is C14H12Cl2N2O. The maximum absolute atomic E-state index is 9.22. The Morgan fingerprint density at radius 1 is 1.42 bits per heavy atom. The number of nitriles is 1. The molecule has 0 spiro atoms. The normalized spacial score (nSPS) is 13.0. The van der Waals surface area contributed by atoms with Gasteiger partial charge in [0.25, 0.3) is 0 Å². The minimum atomic E-state index is 0.000429. The van der Waals surface area contributed by atoms with Gasteiger partial charge in [0, 0.05) is 0 Å². The number of methoxy groups -OCH3 is 1. The maximum atomic E-state index is 9.22. The van der Waals surface area contributed by atoms with Gasteiger partial charge in [-0.15, -0.1) is 0 Å². The molecule has 1 aromatic carbocycles. The van der Waals surface area contributed by atoms with Gasteiger partial charge in [-0.05, 0) is 36.9 Å². The third-order valence-corrected chi connectivity index (χ3v) is 3.30. The Balaban J connectivity index is 3.41.